The Balaban J connectivity index is 1.60. The van der Waals surface area contributed by atoms with Crippen LogP contribution in [0.25, 0.3) is 0 Å². The van der Waals surface area contributed by atoms with Crippen LogP contribution in [-0.4, -0.2) is 21.3 Å². The van der Waals surface area contributed by atoms with E-state index in [0.29, 0.717) is 6.61 Å². The van der Waals surface area contributed by atoms with Crippen molar-refractivity contribution >= 4 is 0 Å². The Labute approximate surface area is 112 Å². The number of benzene rings is 1. The lowest BCUT2D eigenvalue weighted by molar-refractivity contribution is 0.180. The van der Waals surface area contributed by atoms with Crippen molar-refractivity contribution in [2.75, 3.05) is 6.61 Å². The fraction of sp³-hybridized carbons (Fsp3) is 0.400. The predicted molar refractivity (Wildman–Crippen MR) is 72.1 cm³/mol. The molecule has 0 fully saturated rings. The van der Waals surface area contributed by atoms with Gasteiger partial charge in [0, 0.05) is 25.9 Å². The monoisotopic (exact) mass is 258 g/mol. The zero-order valence-electron chi connectivity index (χ0n) is 11.0. The quantitative estimate of drug-likeness (QED) is 0.912. The first-order valence-corrected chi connectivity index (χ1v) is 6.64. The maximum absolute atomic E-state index is 9.75. The highest BCUT2D eigenvalue weighted by atomic mass is 16.5. The fourth-order valence-corrected chi connectivity index (χ4v) is 2.56. The largest absolute Gasteiger partial charge is 0.493 e. The molecule has 0 amide bonds. The van der Waals surface area contributed by atoms with E-state index in [-0.39, 0.29) is 6.10 Å². The SMILES string of the molecule is Cn1ccnc1CCOc1ccc2c(c1)CC[C@H]2O. The van der Waals surface area contributed by atoms with Crippen molar-refractivity contribution in [1.29, 1.82) is 0 Å². The predicted octanol–water partition coefficient (Wildman–Crippen LogP) is 2.02. The molecule has 0 bridgehead atoms. The third kappa shape index (κ3) is 2.49. The lowest BCUT2D eigenvalue weighted by Gasteiger charge is -2.09. The van der Waals surface area contributed by atoms with Gasteiger partial charge in [-0.25, -0.2) is 4.98 Å². The molecule has 19 heavy (non-hydrogen) atoms. The number of aromatic nitrogens is 2. The van der Waals surface area contributed by atoms with Gasteiger partial charge in [0.15, 0.2) is 0 Å². The number of ether oxygens (including phenoxy) is 1. The van der Waals surface area contributed by atoms with Gasteiger partial charge >= 0.3 is 0 Å². The van der Waals surface area contributed by atoms with Crippen molar-refractivity contribution in [3.8, 4) is 5.75 Å². The zero-order chi connectivity index (χ0) is 13.2. The maximum atomic E-state index is 9.75. The molecule has 1 aliphatic rings. The minimum atomic E-state index is -0.295. The molecule has 1 aromatic heterocycles. The van der Waals surface area contributed by atoms with E-state index in [0.717, 1.165) is 36.4 Å². The molecule has 0 saturated heterocycles. The summed E-state index contributed by atoms with van der Waals surface area (Å²) < 4.78 is 7.76. The minimum Gasteiger partial charge on any atom is -0.493 e. The van der Waals surface area contributed by atoms with Crippen molar-refractivity contribution in [3.05, 3.63) is 47.5 Å². The van der Waals surface area contributed by atoms with E-state index in [1.165, 1.54) is 5.56 Å². The molecule has 0 spiro atoms. The molecule has 1 N–H and O–H groups in total. The Morgan fingerprint density at radius 1 is 1.47 bits per heavy atom. The van der Waals surface area contributed by atoms with Gasteiger partial charge in [-0.15, -0.1) is 0 Å². The second-order valence-electron chi connectivity index (χ2n) is 4.97. The van der Waals surface area contributed by atoms with Crippen LogP contribution >= 0.6 is 0 Å². The molecule has 4 heteroatoms. The molecule has 1 aromatic carbocycles. The number of hydrogen-bond acceptors (Lipinski definition) is 3. The summed E-state index contributed by atoms with van der Waals surface area (Å²) in [6.07, 6.45) is 6.00. The topological polar surface area (TPSA) is 47.3 Å². The van der Waals surface area contributed by atoms with Crippen molar-refractivity contribution in [1.82, 2.24) is 9.55 Å². The average Bonchev–Trinajstić information content (AvgIpc) is 2.97. The van der Waals surface area contributed by atoms with Crippen LogP contribution in [0.3, 0.4) is 0 Å². The molecule has 2 aromatic rings. The van der Waals surface area contributed by atoms with E-state index in [4.69, 9.17) is 4.74 Å². The summed E-state index contributed by atoms with van der Waals surface area (Å²) in [6.45, 7) is 0.617. The molecule has 1 atom stereocenters. The van der Waals surface area contributed by atoms with Crippen LogP contribution in [0, 0.1) is 0 Å². The Morgan fingerprint density at radius 2 is 2.37 bits per heavy atom. The van der Waals surface area contributed by atoms with Gasteiger partial charge in [-0.3, -0.25) is 0 Å². The zero-order valence-corrected chi connectivity index (χ0v) is 11.0. The lowest BCUT2D eigenvalue weighted by Crippen LogP contribution is -2.06. The van der Waals surface area contributed by atoms with Crippen molar-refractivity contribution < 1.29 is 9.84 Å². The molecule has 1 aliphatic carbocycles. The lowest BCUT2D eigenvalue weighted by atomic mass is 10.1. The highest BCUT2D eigenvalue weighted by molar-refractivity contribution is 5.39. The van der Waals surface area contributed by atoms with Gasteiger partial charge in [0.2, 0.25) is 0 Å². The molecule has 100 valence electrons. The van der Waals surface area contributed by atoms with Gasteiger partial charge in [0.05, 0.1) is 12.7 Å². The van der Waals surface area contributed by atoms with E-state index in [2.05, 4.69) is 4.98 Å². The summed E-state index contributed by atoms with van der Waals surface area (Å²) in [6, 6.07) is 5.96. The van der Waals surface area contributed by atoms with Crippen molar-refractivity contribution in [2.24, 2.45) is 7.05 Å². The summed E-state index contributed by atoms with van der Waals surface area (Å²) in [5.41, 5.74) is 2.26. The number of aliphatic hydroxyl groups is 1. The molecular formula is C15H18N2O2. The Morgan fingerprint density at radius 3 is 3.16 bits per heavy atom. The summed E-state index contributed by atoms with van der Waals surface area (Å²) in [7, 11) is 1.99. The number of imidazole rings is 1. The van der Waals surface area contributed by atoms with E-state index in [9.17, 15) is 5.11 Å². The third-order valence-electron chi connectivity index (χ3n) is 3.68. The molecule has 3 rings (SSSR count). The number of aliphatic hydroxyl groups excluding tert-OH is 1. The van der Waals surface area contributed by atoms with E-state index in [1.807, 2.05) is 36.0 Å². The van der Waals surface area contributed by atoms with Gasteiger partial charge in [-0.1, -0.05) is 6.07 Å². The number of aryl methyl sites for hydroxylation is 2. The van der Waals surface area contributed by atoms with Crippen LogP contribution < -0.4 is 4.74 Å². The molecule has 0 aliphatic heterocycles. The van der Waals surface area contributed by atoms with Crippen LogP contribution in [0.4, 0.5) is 0 Å². The smallest absolute Gasteiger partial charge is 0.119 e. The minimum absolute atomic E-state index is 0.295. The van der Waals surface area contributed by atoms with Gasteiger partial charge < -0.3 is 14.4 Å². The number of fused-ring (bicyclic) bond motifs is 1. The highest BCUT2D eigenvalue weighted by Gasteiger charge is 2.20. The second kappa shape index (κ2) is 5.05. The summed E-state index contributed by atoms with van der Waals surface area (Å²) in [5, 5.41) is 9.75. The van der Waals surface area contributed by atoms with Crippen molar-refractivity contribution in [2.45, 2.75) is 25.4 Å². The Kier molecular flexibility index (Phi) is 3.25. The van der Waals surface area contributed by atoms with Crippen LogP contribution in [-0.2, 0) is 19.9 Å². The molecule has 1 heterocycles. The molecular weight excluding hydrogens is 240 g/mol. The van der Waals surface area contributed by atoms with Crippen LogP contribution in [0.5, 0.6) is 5.75 Å². The summed E-state index contributed by atoms with van der Waals surface area (Å²) >= 11 is 0. The molecule has 0 saturated carbocycles. The first kappa shape index (κ1) is 12.2. The van der Waals surface area contributed by atoms with Gasteiger partial charge in [0.25, 0.3) is 0 Å². The fourth-order valence-electron chi connectivity index (χ4n) is 2.56. The molecule has 0 radical (unpaired) electrons. The summed E-state index contributed by atoms with van der Waals surface area (Å²) in [4.78, 5) is 4.26. The van der Waals surface area contributed by atoms with E-state index >= 15 is 0 Å². The van der Waals surface area contributed by atoms with E-state index in [1.54, 1.807) is 6.20 Å². The first-order chi connectivity index (χ1) is 9.24. The van der Waals surface area contributed by atoms with Crippen LogP contribution in [0.15, 0.2) is 30.6 Å². The number of hydrogen-bond donors (Lipinski definition) is 1. The number of rotatable bonds is 4. The van der Waals surface area contributed by atoms with E-state index < -0.39 is 0 Å². The second-order valence-corrected chi connectivity index (χ2v) is 4.97. The molecule has 0 unspecified atom stereocenters. The van der Waals surface area contributed by atoms with Crippen molar-refractivity contribution in [3.63, 3.8) is 0 Å². The highest BCUT2D eigenvalue weighted by Crippen LogP contribution is 2.33. The van der Waals surface area contributed by atoms with Crippen LogP contribution in [0.2, 0.25) is 0 Å². The average molecular weight is 258 g/mol. The van der Waals surface area contributed by atoms with Gasteiger partial charge in [0.1, 0.15) is 11.6 Å². The molecule has 4 nitrogen and oxygen atoms in total. The van der Waals surface area contributed by atoms with Crippen LogP contribution in [0.1, 0.15) is 29.5 Å². The Hall–Kier alpha value is -1.81. The first-order valence-electron chi connectivity index (χ1n) is 6.64. The van der Waals surface area contributed by atoms with Gasteiger partial charge in [-0.2, -0.15) is 0 Å². The van der Waals surface area contributed by atoms with Gasteiger partial charge in [-0.05, 0) is 36.1 Å². The third-order valence-corrected chi connectivity index (χ3v) is 3.68. The number of nitrogens with zero attached hydrogens (tertiary/aromatic N) is 2. The Bertz CT molecular complexity index is 577. The summed E-state index contributed by atoms with van der Waals surface area (Å²) in [5.74, 6) is 1.90. The normalized spacial score (nSPS) is 17.5. The maximum Gasteiger partial charge on any atom is 0.119 e. The standard InChI is InChI=1S/C15H18N2O2/c1-17-8-7-16-15(17)6-9-19-12-3-4-13-11(10-12)2-5-14(13)18/h3-4,7-8,10,14,18H,2,5-6,9H2,1H3/t14-/m1/s1.